The Balaban J connectivity index is 1.24. The van der Waals surface area contributed by atoms with Crippen LogP contribution in [-0.4, -0.2) is 38.1 Å². The smallest absolute Gasteiger partial charge is 0.336 e. The van der Waals surface area contributed by atoms with Gasteiger partial charge in [0.15, 0.2) is 11.5 Å². The molecule has 0 amide bonds. The molecule has 0 unspecified atom stereocenters. The molecule has 150 valence electrons. The maximum absolute atomic E-state index is 11.9. The number of hydrogen-bond donors (Lipinski definition) is 3. The summed E-state index contributed by atoms with van der Waals surface area (Å²) in [5.41, 5.74) is 2.37. The molecule has 5 rings (SSSR count). The molecule has 1 saturated heterocycles. The number of rotatable bonds is 4. The molecule has 3 N–H and O–H groups in total. The number of fused-ring (bicyclic) bond motifs is 2. The second-order valence-corrected chi connectivity index (χ2v) is 7.81. The quantitative estimate of drug-likeness (QED) is 0.529. The average Bonchev–Trinajstić information content (AvgIpc) is 3.18. The number of piperazine rings is 1. The summed E-state index contributed by atoms with van der Waals surface area (Å²) >= 11 is 0. The fourth-order valence-corrected chi connectivity index (χ4v) is 4.28. The maximum Gasteiger partial charge on any atom is 0.336 e. The molecular weight excluding hydrogens is 372 g/mol. The molecule has 0 spiro atoms. The van der Waals surface area contributed by atoms with Gasteiger partial charge < -0.3 is 28.8 Å². The van der Waals surface area contributed by atoms with Crippen LogP contribution < -0.4 is 24.9 Å². The molecule has 0 atom stereocenters. The van der Waals surface area contributed by atoms with Crippen molar-refractivity contribution < 1.29 is 28.8 Å². The van der Waals surface area contributed by atoms with Crippen molar-refractivity contribution in [1.82, 2.24) is 0 Å². The summed E-state index contributed by atoms with van der Waals surface area (Å²) in [6.07, 6.45) is 0. The van der Waals surface area contributed by atoms with Gasteiger partial charge in [0, 0.05) is 22.6 Å². The number of ether oxygens (including phenoxy) is 2. The van der Waals surface area contributed by atoms with E-state index >= 15 is 0 Å². The number of benzene rings is 2. The van der Waals surface area contributed by atoms with Gasteiger partial charge in [-0.3, -0.25) is 0 Å². The van der Waals surface area contributed by atoms with Crippen LogP contribution in [0, 0.1) is 0 Å². The lowest BCUT2D eigenvalue weighted by atomic mass is 10.1. The Morgan fingerprint density at radius 2 is 1.62 bits per heavy atom. The molecule has 0 aliphatic carbocycles. The third-order valence-electron chi connectivity index (χ3n) is 5.81. The summed E-state index contributed by atoms with van der Waals surface area (Å²) in [6, 6.07) is 12.6. The Kier molecular flexibility index (Phi) is 4.61. The maximum atomic E-state index is 11.9. The van der Waals surface area contributed by atoms with Gasteiger partial charge in [-0.25, -0.2) is 4.79 Å². The fourth-order valence-electron chi connectivity index (χ4n) is 4.28. The van der Waals surface area contributed by atoms with Crippen molar-refractivity contribution in [3.05, 3.63) is 64.0 Å². The van der Waals surface area contributed by atoms with Crippen molar-refractivity contribution >= 4 is 11.0 Å². The van der Waals surface area contributed by atoms with E-state index < -0.39 is 0 Å². The van der Waals surface area contributed by atoms with Gasteiger partial charge >= 0.3 is 5.63 Å². The minimum absolute atomic E-state index is 0.181. The van der Waals surface area contributed by atoms with Crippen molar-refractivity contribution in [2.75, 3.05) is 33.0 Å². The zero-order valence-electron chi connectivity index (χ0n) is 16.1. The standard InChI is InChI=1S/C22H22N2O5/c25-17-2-4-19-18(11-17)16(10-22(26)29-19)13-24-7-5-23(6-8-24)12-15-1-3-20-21(9-15)28-14-27-20/h1-4,9-11,25H,5-8,12-14H2/p+2. The molecule has 0 saturated carbocycles. The van der Waals surface area contributed by atoms with E-state index in [1.165, 1.54) is 10.5 Å². The second-order valence-electron chi connectivity index (χ2n) is 7.81. The summed E-state index contributed by atoms with van der Waals surface area (Å²) in [5, 5.41) is 10.6. The van der Waals surface area contributed by atoms with Crippen LogP contribution in [0.25, 0.3) is 11.0 Å². The second kappa shape index (κ2) is 7.42. The lowest BCUT2D eigenvalue weighted by Gasteiger charge is -2.30. The molecule has 1 fully saturated rings. The number of aromatic hydroxyl groups is 1. The van der Waals surface area contributed by atoms with Gasteiger partial charge in [0.2, 0.25) is 6.79 Å². The van der Waals surface area contributed by atoms with Crippen LogP contribution in [0.4, 0.5) is 0 Å². The van der Waals surface area contributed by atoms with Crippen LogP contribution >= 0.6 is 0 Å². The largest absolute Gasteiger partial charge is 0.508 e. The van der Waals surface area contributed by atoms with E-state index in [9.17, 15) is 9.90 Å². The first-order chi connectivity index (χ1) is 14.1. The van der Waals surface area contributed by atoms with Gasteiger partial charge in [0.05, 0.1) is 0 Å². The zero-order chi connectivity index (χ0) is 19.8. The fraction of sp³-hybridized carbons (Fsp3) is 0.318. The molecular formula is C22H24N2O5+2. The highest BCUT2D eigenvalue weighted by Gasteiger charge is 2.25. The van der Waals surface area contributed by atoms with Gasteiger partial charge in [-0.2, -0.15) is 0 Å². The minimum atomic E-state index is -0.343. The van der Waals surface area contributed by atoms with E-state index in [-0.39, 0.29) is 11.4 Å². The zero-order valence-corrected chi connectivity index (χ0v) is 16.1. The van der Waals surface area contributed by atoms with Crippen LogP contribution in [0.3, 0.4) is 0 Å². The van der Waals surface area contributed by atoms with Crippen molar-refractivity contribution in [1.29, 1.82) is 0 Å². The van der Waals surface area contributed by atoms with Crippen molar-refractivity contribution in [3.63, 3.8) is 0 Å². The molecule has 3 heterocycles. The van der Waals surface area contributed by atoms with E-state index in [2.05, 4.69) is 12.1 Å². The molecule has 2 aliphatic heterocycles. The van der Waals surface area contributed by atoms with Crippen LogP contribution in [0.15, 0.2) is 51.7 Å². The highest BCUT2D eigenvalue weighted by Crippen LogP contribution is 2.32. The van der Waals surface area contributed by atoms with Crippen LogP contribution in [0.5, 0.6) is 17.2 Å². The first kappa shape index (κ1) is 18.0. The first-order valence-corrected chi connectivity index (χ1v) is 9.95. The molecule has 0 radical (unpaired) electrons. The summed E-state index contributed by atoms with van der Waals surface area (Å²) < 4.78 is 16.1. The Bertz CT molecular complexity index is 1100. The van der Waals surface area contributed by atoms with Gasteiger partial charge in [0.25, 0.3) is 0 Å². The van der Waals surface area contributed by atoms with E-state index in [1.807, 2.05) is 6.07 Å². The first-order valence-electron chi connectivity index (χ1n) is 9.95. The number of phenols is 1. The van der Waals surface area contributed by atoms with Crippen molar-refractivity contribution in [2.45, 2.75) is 13.1 Å². The summed E-state index contributed by atoms with van der Waals surface area (Å²) in [4.78, 5) is 14.9. The Morgan fingerprint density at radius 1 is 0.862 bits per heavy atom. The van der Waals surface area contributed by atoms with Crippen molar-refractivity contribution in [2.24, 2.45) is 0 Å². The molecule has 29 heavy (non-hydrogen) atoms. The Morgan fingerprint density at radius 3 is 2.45 bits per heavy atom. The lowest BCUT2D eigenvalue weighted by Crippen LogP contribution is -3.27. The third-order valence-corrected chi connectivity index (χ3v) is 5.81. The molecule has 2 aliphatic rings. The number of quaternary nitrogens is 2. The van der Waals surface area contributed by atoms with Crippen LogP contribution in [0.1, 0.15) is 11.1 Å². The Hall–Kier alpha value is -3.03. The molecule has 2 aromatic carbocycles. The number of hydrogen-bond acceptors (Lipinski definition) is 5. The molecule has 7 nitrogen and oxygen atoms in total. The third kappa shape index (κ3) is 3.79. The molecule has 0 bridgehead atoms. The van der Waals surface area contributed by atoms with E-state index in [1.54, 1.807) is 29.2 Å². The number of phenolic OH excluding ortho intramolecular Hbond substituents is 1. The van der Waals surface area contributed by atoms with Gasteiger partial charge in [0.1, 0.15) is 50.6 Å². The number of nitrogens with one attached hydrogen (secondary N) is 2. The van der Waals surface area contributed by atoms with Gasteiger partial charge in [-0.15, -0.1) is 0 Å². The summed E-state index contributed by atoms with van der Waals surface area (Å²) in [6.45, 7) is 6.21. The predicted molar refractivity (Wildman–Crippen MR) is 106 cm³/mol. The van der Waals surface area contributed by atoms with Gasteiger partial charge in [-0.1, -0.05) is 0 Å². The predicted octanol–water partition coefficient (Wildman–Crippen LogP) is -0.289. The average molecular weight is 396 g/mol. The SMILES string of the molecule is O=c1cc(C[NH+]2CC[NH+](Cc3ccc4c(c3)OCO4)CC2)c2cc(O)ccc2o1. The molecule has 3 aromatic rings. The normalized spacial score (nSPS) is 20.8. The summed E-state index contributed by atoms with van der Waals surface area (Å²) in [5.74, 6) is 1.84. The highest BCUT2D eigenvalue weighted by molar-refractivity contribution is 5.81. The lowest BCUT2D eigenvalue weighted by molar-refractivity contribution is -1.02. The van der Waals surface area contributed by atoms with Crippen LogP contribution in [0.2, 0.25) is 0 Å². The Labute approximate surface area is 167 Å². The van der Waals surface area contributed by atoms with Gasteiger partial charge in [-0.05, 0) is 36.4 Å². The minimum Gasteiger partial charge on any atom is -0.508 e. The van der Waals surface area contributed by atoms with Crippen molar-refractivity contribution in [3.8, 4) is 17.2 Å². The van der Waals surface area contributed by atoms with E-state index in [4.69, 9.17) is 13.9 Å². The topological polar surface area (TPSA) is 77.8 Å². The molecule has 7 heteroatoms. The highest BCUT2D eigenvalue weighted by atomic mass is 16.7. The van der Waals surface area contributed by atoms with E-state index in [0.29, 0.717) is 12.4 Å². The van der Waals surface area contributed by atoms with Crippen LogP contribution in [-0.2, 0) is 13.1 Å². The summed E-state index contributed by atoms with van der Waals surface area (Å²) in [7, 11) is 0. The molecule has 1 aromatic heterocycles. The monoisotopic (exact) mass is 396 g/mol. The van der Waals surface area contributed by atoms with E-state index in [0.717, 1.165) is 61.7 Å².